The molecule has 1 aromatic carbocycles. The molecule has 0 aromatic heterocycles. The van der Waals surface area contributed by atoms with E-state index in [0.717, 1.165) is 31.7 Å². The second kappa shape index (κ2) is 7.56. The van der Waals surface area contributed by atoms with Crippen molar-refractivity contribution in [2.45, 2.75) is 24.4 Å². The molecule has 0 saturated carbocycles. The van der Waals surface area contributed by atoms with E-state index in [2.05, 4.69) is 17.1 Å². The second-order valence-electron chi connectivity index (χ2n) is 5.46. The lowest BCUT2D eigenvalue weighted by Crippen LogP contribution is -2.49. The Labute approximate surface area is 133 Å². The van der Waals surface area contributed by atoms with Gasteiger partial charge in [-0.1, -0.05) is 12.1 Å². The average Bonchev–Trinajstić information content (AvgIpc) is 2.41. The van der Waals surface area contributed by atoms with Gasteiger partial charge in [0.05, 0.1) is 4.90 Å². The molecule has 1 fully saturated rings. The summed E-state index contributed by atoms with van der Waals surface area (Å²) in [6.07, 6.45) is 0. The van der Waals surface area contributed by atoms with E-state index in [0.29, 0.717) is 10.9 Å². The monoisotopic (exact) mass is 333 g/mol. The Morgan fingerprint density at radius 2 is 2.10 bits per heavy atom. The number of rotatable bonds is 4. The zero-order chi connectivity index (χ0) is 14.8. The molecule has 1 saturated heterocycles. The third-order valence-corrected chi connectivity index (χ3v) is 5.51. The molecule has 1 aliphatic rings. The molecule has 120 valence electrons. The van der Waals surface area contributed by atoms with Crippen molar-refractivity contribution in [2.75, 3.05) is 33.7 Å². The van der Waals surface area contributed by atoms with Crippen LogP contribution >= 0.6 is 12.4 Å². The number of nitrogens with zero attached hydrogens (tertiary/aromatic N) is 2. The number of halogens is 1. The van der Waals surface area contributed by atoms with Gasteiger partial charge in [0.1, 0.15) is 0 Å². The highest BCUT2D eigenvalue weighted by molar-refractivity contribution is 7.89. The Balaban J connectivity index is 0.00000220. The summed E-state index contributed by atoms with van der Waals surface area (Å²) in [5.74, 6) is 0. The van der Waals surface area contributed by atoms with Gasteiger partial charge in [-0.05, 0) is 24.6 Å². The van der Waals surface area contributed by atoms with E-state index in [1.165, 1.54) is 4.31 Å². The lowest BCUT2D eigenvalue weighted by atomic mass is 10.1. The van der Waals surface area contributed by atoms with Crippen molar-refractivity contribution in [2.24, 2.45) is 0 Å². The summed E-state index contributed by atoms with van der Waals surface area (Å²) in [4.78, 5) is 2.74. The molecule has 1 heterocycles. The molecule has 0 amide bonds. The normalized spacial score (nSPS) is 20.3. The van der Waals surface area contributed by atoms with Gasteiger partial charge in [-0.3, -0.25) is 4.90 Å². The quantitative estimate of drug-likeness (QED) is 0.898. The fourth-order valence-electron chi connectivity index (χ4n) is 2.37. The number of piperazine rings is 1. The van der Waals surface area contributed by atoms with E-state index in [9.17, 15) is 8.42 Å². The zero-order valence-electron chi connectivity index (χ0n) is 12.7. The summed E-state index contributed by atoms with van der Waals surface area (Å²) in [6.45, 7) is 5.94. The van der Waals surface area contributed by atoms with Crippen LogP contribution in [0.4, 0.5) is 0 Å². The van der Waals surface area contributed by atoms with E-state index in [1.807, 2.05) is 12.1 Å². The van der Waals surface area contributed by atoms with Gasteiger partial charge in [-0.25, -0.2) is 12.7 Å². The molecule has 0 bridgehead atoms. The van der Waals surface area contributed by atoms with Crippen LogP contribution in [0.5, 0.6) is 0 Å². The van der Waals surface area contributed by atoms with Crippen LogP contribution in [-0.4, -0.2) is 57.4 Å². The molecule has 1 N–H and O–H groups in total. The van der Waals surface area contributed by atoms with Gasteiger partial charge < -0.3 is 5.32 Å². The van der Waals surface area contributed by atoms with Crippen LogP contribution in [0.3, 0.4) is 0 Å². The van der Waals surface area contributed by atoms with Crippen molar-refractivity contribution in [3.63, 3.8) is 0 Å². The first-order valence-electron chi connectivity index (χ1n) is 6.87. The van der Waals surface area contributed by atoms with Crippen molar-refractivity contribution < 1.29 is 8.42 Å². The summed E-state index contributed by atoms with van der Waals surface area (Å²) < 4.78 is 25.5. The topological polar surface area (TPSA) is 52.7 Å². The van der Waals surface area contributed by atoms with Gasteiger partial charge in [0.15, 0.2) is 0 Å². The number of sulfonamides is 1. The fraction of sp³-hybridized carbons (Fsp3) is 0.571. The molecule has 7 heteroatoms. The van der Waals surface area contributed by atoms with Gasteiger partial charge in [-0.15, -0.1) is 12.4 Å². The summed E-state index contributed by atoms with van der Waals surface area (Å²) in [5, 5.41) is 3.36. The van der Waals surface area contributed by atoms with Gasteiger partial charge in [0, 0.05) is 46.3 Å². The molecule has 5 nitrogen and oxygen atoms in total. The maximum atomic E-state index is 12.1. The van der Waals surface area contributed by atoms with E-state index in [1.54, 1.807) is 26.2 Å². The Kier molecular flexibility index (Phi) is 6.62. The van der Waals surface area contributed by atoms with Crippen LogP contribution in [0.1, 0.15) is 12.5 Å². The first kappa shape index (κ1) is 18.4. The minimum atomic E-state index is -3.35. The van der Waals surface area contributed by atoms with Crippen molar-refractivity contribution in [3.8, 4) is 0 Å². The maximum Gasteiger partial charge on any atom is 0.242 e. The molecule has 0 spiro atoms. The standard InChI is InChI=1S/C14H23N3O2S.ClH/c1-12-10-15-7-8-17(12)11-13-5-4-6-14(9-13)20(18,19)16(2)3;/h4-6,9,12,15H,7-8,10-11H2,1-3H3;1H/t12-;/m0./s1. The summed E-state index contributed by atoms with van der Waals surface area (Å²) >= 11 is 0. The highest BCUT2D eigenvalue weighted by Gasteiger charge is 2.20. The van der Waals surface area contributed by atoms with Crippen molar-refractivity contribution in [3.05, 3.63) is 29.8 Å². The Morgan fingerprint density at radius 1 is 1.38 bits per heavy atom. The number of benzene rings is 1. The van der Waals surface area contributed by atoms with E-state index in [4.69, 9.17) is 0 Å². The third kappa shape index (κ3) is 4.40. The molecular formula is C14H24ClN3O2S. The average molecular weight is 334 g/mol. The minimum Gasteiger partial charge on any atom is -0.314 e. The number of nitrogens with one attached hydrogen (secondary N) is 1. The lowest BCUT2D eigenvalue weighted by Gasteiger charge is -2.34. The molecule has 21 heavy (non-hydrogen) atoms. The molecule has 0 radical (unpaired) electrons. The number of hydrogen-bond donors (Lipinski definition) is 1. The van der Waals surface area contributed by atoms with E-state index < -0.39 is 10.0 Å². The SMILES string of the molecule is C[C@H]1CNCCN1Cc1cccc(S(=O)(=O)N(C)C)c1.Cl. The predicted molar refractivity (Wildman–Crippen MR) is 87.3 cm³/mol. The Morgan fingerprint density at radius 3 is 2.71 bits per heavy atom. The second-order valence-corrected chi connectivity index (χ2v) is 7.61. The molecule has 1 aromatic rings. The van der Waals surface area contributed by atoms with Crippen LogP contribution in [0.15, 0.2) is 29.2 Å². The molecule has 1 aliphatic heterocycles. The van der Waals surface area contributed by atoms with Crippen LogP contribution in [0.2, 0.25) is 0 Å². The summed E-state index contributed by atoms with van der Waals surface area (Å²) in [5.41, 5.74) is 1.04. The molecular weight excluding hydrogens is 310 g/mol. The third-order valence-electron chi connectivity index (χ3n) is 3.70. The van der Waals surface area contributed by atoms with Gasteiger partial charge >= 0.3 is 0 Å². The maximum absolute atomic E-state index is 12.1. The summed E-state index contributed by atoms with van der Waals surface area (Å²) in [6, 6.07) is 7.71. The minimum absolute atomic E-state index is 0. The van der Waals surface area contributed by atoms with Crippen molar-refractivity contribution in [1.29, 1.82) is 0 Å². The highest BCUT2D eigenvalue weighted by Crippen LogP contribution is 2.17. The van der Waals surface area contributed by atoms with Crippen LogP contribution in [0.25, 0.3) is 0 Å². The molecule has 0 aliphatic carbocycles. The predicted octanol–water partition coefficient (Wildman–Crippen LogP) is 1.15. The largest absolute Gasteiger partial charge is 0.314 e. The first-order valence-corrected chi connectivity index (χ1v) is 8.31. The number of hydrogen-bond acceptors (Lipinski definition) is 4. The fourth-order valence-corrected chi connectivity index (χ4v) is 3.34. The van der Waals surface area contributed by atoms with Crippen LogP contribution < -0.4 is 5.32 Å². The van der Waals surface area contributed by atoms with Gasteiger partial charge in [-0.2, -0.15) is 0 Å². The Hall–Kier alpha value is -0.660. The van der Waals surface area contributed by atoms with Crippen molar-refractivity contribution >= 4 is 22.4 Å². The molecule has 2 rings (SSSR count). The first-order chi connectivity index (χ1) is 9.41. The molecule has 1 atom stereocenters. The van der Waals surface area contributed by atoms with Gasteiger partial charge in [0.25, 0.3) is 0 Å². The molecule has 0 unspecified atom stereocenters. The lowest BCUT2D eigenvalue weighted by molar-refractivity contribution is 0.165. The van der Waals surface area contributed by atoms with Gasteiger partial charge in [0.2, 0.25) is 10.0 Å². The van der Waals surface area contributed by atoms with Crippen LogP contribution in [-0.2, 0) is 16.6 Å². The Bertz CT molecular complexity index is 563. The summed E-state index contributed by atoms with van der Waals surface area (Å²) in [7, 11) is -0.239. The van der Waals surface area contributed by atoms with E-state index >= 15 is 0 Å². The zero-order valence-corrected chi connectivity index (χ0v) is 14.4. The smallest absolute Gasteiger partial charge is 0.242 e. The van der Waals surface area contributed by atoms with E-state index in [-0.39, 0.29) is 12.4 Å². The highest BCUT2D eigenvalue weighted by atomic mass is 35.5. The van der Waals surface area contributed by atoms with Crippen molar-refractivity contribution in [1.82, 2.24) is 14.5 Å². The van der Waals surface area contributed by atoms with Crippen LogP contribution in [0, 0.1) is 0 Å².